The second kappa shape index (κ2) is 7.47. The second-order valence-corrected chi connectivity index (χ2v) is 6.82. The molecular formula is C19H25N5O. The van der Waals surface area contributed by atoms with Gasteiger partial charge in [0.05, 0.1) is 11.4 Å². The molecule has 6 heteroatoms. The van der Waals surface area contributed by atoms with E-state index < -0.39 is 0 Å². The Morgan fingerprint density at radius 3 is 2.92 bits per heavy atom. The molecule has 6 nitrogen and oxygen atoms in total. The summed E-state index contributed by atoms with van der Waals surface area (Å²) in [4.78, 5) is 2.35. The van der Waals surface area contributed by atoms with E-state index in [4.69, 9.17) is 4.74 Å². The summed E-state index contributed by atoms with van der Waals surface area (Å²) in [6.45, 7) is 5.43. The molecule has 2 N–H and O–H groups in total. The van der Waals surface area contributed by atoms with Crippen molar-refractivity contribution in [3.05, 3.63) is 41.6 Å². The monoisotopic (exact) mass is 339 g/mol. The molecule has 2 aliphatic rings. The van der Waals surface area contributed by atoms with E-state index in [2.05, 4.69) is 63.1 Å². The van der Waals surface area contributed by atoms with Crippen LogP contribution in [0.4, 0.5) is 0 Å². The van der Waals surface area contributed by atoms with Crippen molar-refractivity contribution in [2.45, 2.75) is 25.6 Å². The molecular weight excluding hydrogens is 314 g/mol. The number of nitrogens with zero attached hydrogens (tertiary/aromatic N) is 3. The summed E-state index contributed by atoms with van der Waals surface area (Å²) < 4.78 is 5.82. The van der Waals surface area contributed by atoms with Crippen LogP contribution in [0.15, 0.2) is 30.3 Å². The van der Waals surface area contributed by atoms with E-state index in [0.717, 1.165) is 55.4 Å². The summed E-state index contributed by atoms with van der Waals surface area (Å²) in [5.74, 6) is 0.946. The van der Waals surface area contributed by atoms with Gasteiger partial charge in [-0.15, -0.1) is 0 Å². The topological polar surface area (TPSA) is 62.3 Å². The van der Waals surface area contributed by atoms with E-state index >= 15 is 0 Å². The Bertz CT molecular complexity index is 712. The largest absolute Gasteiger partial charge is 0.492 e. The highest BCUT2D eigenvalue weighted by atomic mass is 16.5. The van der Waals surface area contributed by atoms with E-state index in [9.17, 15) is 0 Å². The van der Waals surface area contributed by atoms with E-state index in [1.165, 1.54) is 12.0 Å². The summed E-state index contributed by atoms with van der Waals surface area (Å²) in [6, 6.07) is 11.0. The molecule has 0 radical (unpaired) electrons. The molecule has 0 saturated carbocycles. The van der Waals surface area contributed by atoms with Crippen LogP contribution in [0, 0.1) is 0 Å². The maximum absolute atomic E-state index is 5.82. The predicted octanol–water partition coefficient (Wildman–Crippen LogP) is 1.42. The molecule has 3 heterocycles. The van der Waals surface area contributed by atoms with Crippen molar-refractivity contribution < 1.29 is 4.74 Å². The first-order valence-electron chi connectivity index (χ1n) is 9.00. The minimum Gasteiger partial charge on any atom is -0.492 e. The van der Waals surface area contributed by atoms with Crippen LogP contribution in [0.1, 0.15) is 17.7 Å². The van der Waals surface area contributed by atoms with Gasteiger partial charge in [-0.2, -0.15) is 10.2 Å². The average Bonchev–Trinajstić information content (AvgIpc) is 3.08. The first kappa shape index (κ1) is 16.4. The SMILES string of the molecule is CN(Cc1ccc(-c2ccc3c(c2)OCCNC3)nn1)C1CCNC1. The highest BCUT2D eigenvalue weighted by molar-refractivity contribution is 5.62. The van der Waals surface area contributed by atoms with Gasteiger partial charge in [0.1, 0.15) is 12.4 Å². The lowest BCUT2D eigenvalue weighted by Gasteiger charge is -2.22. The van der Waals surface area contributed by atoms with Crippen LogP contribution in [0.3, 0.4) is 0 Å². The summed E-state index contributed by atoms with van der Waals surface area (Å²) >= 11 is 0. The lowest BCUT2D eigenvalue weighted by molar-refractivity contribution is 0.245. The Labute approximate surface area is 148 Å². The zero-order valence-corrected chi connectivity index (χ0v) is 14.7. The lowest BCUT2D eigenvalue weighted by atomic mass is 10.1. The van der Waals surface area contributed by atoms with Gasteiger partial charge in [0.25, 0.3) is 0 Å². The molecule has 0 aliphatic carbocycles. The Morgan fingerprint density at radius 2 is 2.12 bits per heavy atom. The van der Waals surface area contributed by atoms with Gasteiger partial charge in [0.15, 0.2) is 0 Å². The third kappa shape index (κ3) is 3.81. The lowest BCUT2D eigenvalue weighted by Crippen LogP contribution is -2.33. The summed E-state index contributed by atoms with van der Waals surface area (Å²) in [5.41, 5.74) is 4.14. The Hall–Kier alpha value is -2.02. The van der Waals surface area contributed by atoms with Gasteiger partial charge < -0.3 is 15.4 Å². The molecule has 1 atom stereocenters. The Balaban J connectivity index is 1.47. The molecule has 1 fully saturated rings. The van der Waals surface area contributed by atoms with E-state index in [-0.39, 0.29) is 0 Å². The van der Waals surface area contributed by atoms with E-state index in [0.29, 0.717) is 12.6 Å². The summed E-state index contributed by atoms with van der Waals surface area (Å²) in [7, 11) is 2.16. The highest BCUT2D eigenvalue weighted by Crippen LogP contribution is 2.27. The van der Waals surface area contributed by atoms with Crippen LogP contribution in [0.5, 0.6) is 5.75 Å². The number of nitrogens with one attached hydrogen (secondary N) is 2. The molecule has 2 aromatic rings. The molecule has 0 bridgehead atoms. The first-order valence-corrected chi connectivity index (χ1v) is 9.00. The number of ether oxygens (including phenoxy) is 1. The third-order valence-corrected chi connectivity index (χ3v) is 5.00. The number of benzene rings is 1. The number of fused-ring (bicyclic) bond motifs is 1. The fraction of sp³-hybridized carbons (Fsp3) is 0.474. The third-order valence-electron chi connectivity index (χ3n) is 5.00. The molecule has 1 unspecified atom stereocenters. The molecule has 132 valence electrons. The summed E-state index contributed by atoms with van der Waals surface area (Å²) in [6.07, 6.45) is 1.20. The van der Waals surface area contributed by atoms with Crippen molar-refractivity contribution in [1.29, 1.82) is 0 Å². The van der Waals surface area contributed by atoms with E-state index in [1.807, 2.05) is 0 Å². The molecule has 25 heavy (non-hydrogen) atoms. The summed E-state index contributed by atoms with van der Waals surface area (Å²) in [5, 5.41) is 15.6. The molecule has 1 saturated heterocycles. The van der Waals surface area contributed by atoms with Crippen LogP contribution in [0.25, 0.3) is 11.3 Å². The molecule has 0 spiro atoms. The molecule has 1 aromatic heterocycles. The van der Waals surface area contributed by atoms with Crippen molar-refractivity contribution >= 4 is 0 Å². The molecule has 1 aromatic carbocycles. The maximum Gasteiger partial charge on any atom is 0.124 e. The number of aromatic nitrogens is 2. The smallest absolute Gasteiger partial charge is 0.124 e. The van der Waals surface area contributed by atoms with Crippen LogP contribution in [0.2, 0.25) is 0 Å². The number of rotatable bonds is 4. The van der Waals surface area contributed by atoms with Gasteiger partial charge in [-0.3, -0.25) is 4.90 Å². The van der Waals surface area contributed by atoms with Gasteiger partial charge in [0.2, 0.25) is 0 Å². The van der Waals surface area contributed by atoms with Crippen LogP contribution >= 0.6 is 0 Å². The number of hydrogen-bond acceptors (Lipinski definition) is 6. The Kier molecular flexibility index (Phi) is 4.92. The predicted molar refractivity (Wildman–Crippen MR) is 97.4 cm³/mol. The van der Waals surface area contributed by atoms with Gasteiger partial charge in [-0.25, -0.2) is 0 Å². The normalized spacial score (nSPS) is 20.2. The first-order chi connectivity index (χ1) is 12.3. The molecule has 4 rings (SSSR count). The molecule has 0 amide bonds. The van der Waals surface area contributed by atoms with E-state index in [1.54, 1.807) is 0 Å². The Morgan fingerprint density at radius 1 is 1.16 bits per heavy atom. The maximum atomic E-state index is 5.82. The highest BCUT2D eigenvalue weighted by Gasteiger charge is 2.19. The van der Waals surface area contributed by atoms with Crippen molar-refractivity contribution in [2.24, 2.45) is 0 Å². The minimum atomic E-state index is 0.594. The minimum absolute atomic E-state index is 0.594. The average molecular weight is 339 g/mol. The van der Waals surface area contributed by atoms with Crippen molar-refractivity contribution in [1.82, 2.24) is 25.7 Å². The van der Waals surface area contributed by atoms with Crippen LogP contribution in [-0.2, 0) is 13.1 Å². The fourth-order valence-corrected chi connectivity index (χ4v) is 3.45. The quantitative estimate of drug-likeness (QED) is 0.878. The van der Waals surface area contributed by atoms with Gasteiger partial charge in [0, 0.05) is 43.3 Å². The van der Waals surface area contributed by atoms with Gasteiger partial charge in [-0.05, 0) is 38.2 Å². The fourth-order valence-electron chi connectivity index (χ4n) is 3.45. The van der Waals surface area contributed by atoms with Crippen LogP contribution < -0.4 is 15.4 Å². The van der Waals surface area contributed by atoms with Crippen molar-refractivity contribution in [3.8, 4) is 17.0 Å². The van der Waals surface area contributed by atoms with Crippen molar-refractivity contribution in [2.75, 3.05) is 33.3 Å². The van der Waals surface area contributed by atoms with Crippen LogP contribution in [-0.4, -0.2) is 54.4 Å². The molecule has 2 aliphatic heterocycles. The zero-order valence-electron chi connectivity index (χ0n) is 14.7. The van der Waals surface area contributed by atoms with Gasteiger partial charge >= 0.3 is 0 Å². The number of likely N-dealkylation sites (N-methyl/N-ethyl adjacent to an activating group) is 1. The van der Waals surface area contributed by atoms with Gasteiger partial charge in [-0.1, -0.05) is 12.1 Å². The second-order valence-electron chi connectivity index (χ2n) is 6.82. The zero-order chi connectivity index (χ0) is 17.1. The van der Waals surface area contributed by atoms with Crippen molar-refractivity contribution in [3.63, 3.8) is 0 Å². The standard InChI is InChI=1S/C19H25N5O/c1-24(17-6-7-20-12-17)13-16-4-5-18(23-22-16)14-2-3-15-11-21-8-9-25-19(15)10-14/h2-5,10,17,20-21H,6-9,11-13H2,1H3. The number of hydrogen-bond donors (Lipinski definition) is 2.